The molecule has 0 amide bonds. The highest BCUT2D eigenvalue weighted by molar-refractivity contribution is 5.25. The van der Waals surface area contributed by atoms with Gasteiger partial charge < -0.3 is 14.6 Å². The smallest absolute Gasteiger partial charge is 0.146 e. The lowest BCUT2D eigenvalue weighted by Crippen LogP contribution is -2.01. The van der Waals surface area contributed by atoms with Gasteiger partial charge in [0.05, 0.1) is 6.61 Å². The molecule has 0 bridgehead atoms. The van der Waals surface area contributed by atoms with Crippen LogP contribution in [0.5, 0.6) is 5.75 Å². The summed E-state index contributed by atoms with van der Waals surface area (Å²) in [7, 11) is 1.60. The molecule has 1 aromatic rings. The van der Waals surface area contributed by atoms with Gasteiger partial charge in [0.1, 0.15) is 12.5 Å². The molecule has 3 heteroatoms. The molecule has 0 aliphatic carbocycles. The summed E-state index contributed by atoms with van der Waals surface area (Å²) in [6, 6.07) is 7.11. The zero-order valence-corrected chi connectivity index (χ0v) is 7.69. The summed E-state index contributed by atoms with van der Waals surface area (Å²) in [5.41, 5.74) is 1.15. The van der Waals surface area contributed by atoms with Gasteiger partial charge in [0.25, 0.3) is 0 Å². The Morgan fingerprint density at radius 1 is 1.23 bits per heavy atom. The van der Waals surface area contributed by atoms with Gasteiger partial charge in [-0.3, -0.25) is 0 Å². The average molecular weight is 182 g/mol. The highest BCUT2D eigenvalue weighted by atomic mass is 16.7. The first-order valence-electron chi connectivity index (χ1n) is 4.17. The van der Waals surface area contributed by atoms with E-state index in [9.17, 15) is 0 Å². The maximum absolute atomic E-state index is 9.02. The number of ether oxygens (including phenoxy) is 2. The van der Waals surface area contributed by atoms with Gasteiger partial charge in [-0.25, -0.2) is 0 Å². The van der Waals surface area contributed by atoms with Crippen LogP contribution in [0.2, 0.25) is 0 Å². The quantitative estimate of drug-likeness (QED) is 0.554. The fourth-order valence-corrected chi connectivity index (χ4v) is 0.995. The van der Waals surface area contributed by atoms with Gasteiger partial charge in [0.15, 0.2) is 0 Å². The van der Waals surface area contributed by atoms with Crippen molar-refractivity contribution in [2.75, 3.05) is 20.5 Å². The Hall–Kier alpha value is -1.06. The van der Waals surface area contributed by atoms with E-state index >= 15 is 0 Å². The first kappa shape index (κ1) is 10.0. The number of hydrogen-bond acceptors (Lipinski definition) is 3. The van der Waals surface area contributed by atoms with Crippen molar-refractivity contribution in [3.05, 3.63) is 29.8 Å². The number of rotatable bonds is 5. The van der Waals surface area contributed by atoms with Crippen LogP contribution in [-0.4, -0.2) is 25.6 Å². The van der Waals surface area contributed by atoms with Crippen LogP contribution in [0.1, 0.15) is 5.56 Å². The molecule has 1 aromatic carbocycles. The van der Waals surface area contributed by atoms with Gasteiger partial charge in [-0.15, -0.1) is 0 Å². The highest BCUT2D eigenvalue weighted by Crippen LogP contribution is 2.09. The standard InChI is InChI=1S/C10H14O3/c1-12-8-13-7-6-9-2-4-10(11)5-3-9/h2-5,11H,6-8H2,1H3. The van der Waals surface area contributed by atoms with Crippen molar-refractivity contribution in [1.82, 2.24) is 0 Å². The molecule has 0 fully saturated rings. The molecular formula is C10H14O3. The molecule has 0 radical (unpaired) electrons. The second-order valence-corrected chi connectivity index (χ2v) is 2.73. The van der Waals surface area contributed by atoms with E-state index in [0.29, 0.717) is 19.1 Å². The van der Waals surface area contributed by atoms with Crippen molar-refractivity contribution in [3.8, 4) is 5.75 Å². The third kappa shape index (κ3) is 3.92. The van der Waals surface area contributed by atoms with Crippen molar-refractivity contribution in [2.45, 2.75) is 6.42 Å². The Labute approximate surface area is 77.9 Å². The van der Waals surface area contributed by atoms with Gasteiger partial charge in [0.2, 0.25) is 0 Å². The van der Waals surface area contributed by atoms with Crippen molar-refractivity contribution < 1.29 is 14.6 Å². The first-order chi connectivity index (χ1) is 6.33. The Bertz CT molecular complexity index is 230. The molecule has 72 valence electrons. The van der Waals surface area contributed by atoms with E-state index in [1.165, 1.54) is 0 Å². The lowest BCUT2D eigenvalue weighted by atomic mass is 10.1. The molecule has 3 nitrogen and oxygen atoms in total. The van der Waals surface area contributed by atoms with Crippen LogP contribution >= 0.6 is 0 Å². The van der Waals surface area contributed by atoms with Crippen LogP contribution in [0.3, 0.4) is 0 Å². The predicted molar refractivity (Wildman–Crippen MR) is 49.6 cm³/mol. The lowest BCUT2D eigenvalue weighted by molar-refractivity contribution is -0.0291. The molecule has 0 saturated heterocycles. The summed E-state index contributed by atoms with van der Waals surface area (Å²) in [6.45, 7) is 0.969. The van der Waals surface area contributed by atoms with Gasteiger partial charge in [-0.05, 0) is 24.1 Å². The third-order valence-electron chi connectivity index (χ3n) is 1.67. The van der Waals surface area contributed by atoms with Crippen molar-refractivity contribution in [1.29, 1.82) is 0 Å². The molecule has 0 saturated carbocycles. The molecule has 0 aliphatic heterocycles. The van der Waals surface area contributed by atoms with E-state index < -0.39 is 0 Å². The number of phenolic OH excluding ortho intramolecular Hbond substituents is 1. The summed E-state index contributed by atoms with van der Waals surface area (Å²) in [6.07, 6.45) is 0.837. The fourth-order valence-electron chi connectivity index (χ4n) is 0.995. The van der Waals surface area contributed by atoms with Crippen LogP contribution in [-0.2, 0) is 15.9 Å². The normalized spacial score (nSPS) is 10.2. The van der Waals surface area contributed by atoms with Gasteiger partial charge in [-0.1, -0.05) is 12.1 Å². The Balaban J connectivity index is 2.25. The van der Waals surface area contributed by atoms with Gasteiger partial charge in [-0.2, -0.15) is 0 Å². The van der Waals surface area contributed by atoms with E-state index in [0.717, 1.165) is 12.0 Å². The van der Waals surface area contributed by atoms with Crippen LogP contribution in [0.4, 0.5) is 0 Å². The zero-order valence-electron chi connectivity index (χ0n) is 7.69. The maximum atomic E-state index is 9.02. The molecule has 0 atom stereocenters. The Morgan fingerprint density at radius 3 is 2.54 bits per heavy atom. The summed E-state index contributed by atoms with van der Waals surface area (Å²) in [4.78, 5) is 0. The largest absolute Gasteiger partial charge is 0.508 e. The van der Waals surface area contributed by atoms with Crippen molar-refractivity contribution in [2.24, 2.45) is 0 Å². The fraction of sp³-hybridized carbons (Fsp3) is 0.400. The van der Waals surface area contributed by atoms with Crippen LogP contribution < -0.4 is 0 Å². The van der Waals surface area contributed by atoms with E-state index in [-0.39, 0.29) is 0 Å². The molecule has 0 aliphatic rings. The first-order valence-corrected chi connectivity index (χ1v) is 4.17. The van der Waals surface area contributed by atoms with Crippen LogP contribution in [0.15, 0.2) is 24.3 Å². The SMILES string of the molecule is COCOCCc1ccc(O)cc1. The predicted octanol–water partition coefficient (Wildman–Crippen LogP) is 1.56. The van der Waals surface area contributed by atoms with Gasteiger partial charge >= 0.3 is 0 Å². The van der Waals surface area contributed by atoms with Crippen LogP contribution in [0, 0.1) is 0 Å². The summed E-state index contributed by atoms with van der Waals surface area (Å²) < 4.78 is 9.87. The molecule has 0 unspecified atom stereocenters. The Kier molecular flexibility index (Phi) is 4.29. The summed E-state index contributed by atoms with van der Waals surface area (Å²) in [5.74, 6) is 0.293. The van der Waals surface area contributed by atoms with Gasteiger partial charge in [0, 0.05) is 7.11 Å². The minimum atomic E-state index is 0.293. The van der Waals surface area contributed by atoms with Crippen molar-refractivity contribution >= 4 is 0 Å². The molecule has 0 spiro atoms. The lowest BCUT2D eigenvalue weighted by Gasteiger charge is -2.02. The van der Waals surface area contributed by atoms with E-state index in [4.69, 9.17) is 14.6 Å². The number of phenols is 1. The highest BCUT2D eigenvalue weighted by Gasteiger charge is 1.93. The number of aromatic hydroxyl groups is 1. The number of hydrogen-bond donors (Lipinski definition) is 1. The minimum Gasteiger partial charge on any atom is -0.508 e. The minimum absolute atomic E-state index is 0.293. The molecule has 1 N–H and O–H groups in total. The molecule has 0 aromatic heterocycles. The topological polar surface area (TPSA) is 38.7 Å². The summed E-state index contributed by atoms with van der Waals surface area (Å²) >= 11 is 0. The molecule has 1 rings (SSSR count). The number of benzene rings is 1. The molecule has 0 heterocycles. The monoisotopic (exact) mass is 182 g/mol. The summed E-state index contributed by atoms with van der Waals surface area (Å²) in [5, 5.41) is 9.02. The molecular weight excluding hydrogens is 168 g/mol. The van der Waals surface area contributed by atoms with Crippen LogP contribution in [0.25, 0.3) is 0 Å². The average Bonchev–Trinajstić information content (AvgIpc) is 2.15. The number of methoxy groups -OCH3 is 1. The van der Waals surface area contributed by atoms with E-state index in [1.54, 1.807) is 19.2 Å². The third-order valence-corrected chi connectivity index (χ3v) is 1.67. The second kappa shape index (κ2) is 5.56. The Morgan fingerprint density at radius 2 is 1.92 bits per heavy atom. The van der Waals surface area contributed by atoms with E-state index in [2.05, 4.69) is 0 Å². The van der Waals surface area contributed by atoms with Crippen molar-refractivity contribution in [3.63, 3.8) is 0 Å². The maximum Gasteiger partial charge on any atom is 0.146 e. The zero-order chi connectivity index (χ0) is 9.52. The second-order valence-electron chi connectivity index (χ2n) is 2.73. The van der Waals surface area contributed by atoms with E-state index in [1.807, 2.05) is 12.1 Å². The molecule has 13 heavy (non-hydrogen) atoms.